The summed E-state index contributed by atoms with van der Waals surface area (Å²) in [6, 6.07) is 12.2. The lowest BCUT2D eigenvalue weighted by atomic mass is 10.0. The van der Waals surface area contributed by atoms with E-state index >= 15 is 0 Å². The minimum Gasteiger partial charge on any atom is -0.497 e. The van der Waals surface area contributed by atoms with E-state index in [0.717, 1.165) is 53.3 Å². The highest BCUT2D eigenvalue weighted by atomic mass is 16.5. The second-order valence-electron chi connectivity index (χ2n) is 7.20. The maximum absolute atomic E-state index is 12.7. The molecule has 2 aromatic carbocycles. The lowest BCUT2D eigenvalue weighted by molar-refractivity contribution is -0.910. The average molecular weight is 369 g/mol. The van der Waals surface area contributed by atoms with Gasteiger partial charge >= 0.3 is 0 Å². The molecule has 2 aromatic rings. The minimum absolute atomic E-state index is 0.0520. The van der Waals surface area contributed by atoms with Crippen LogP contribution in [0.4, 0.5) is 5.69 Å². The van der Waals surface area contributed by atoms with E-state index in [2.05, 4.69) is 5.32 Å². The van der Waals surface area contributed by atoms with Crippen LogP contribution in [0.2, 0.25) is 0 Å². The van der Waals surface area contributed by atoms with Gasteiger partial charge < -0.3 is 19.7 Å². The highest BCUT2D eigenvalue weighted by molar-refractivity contribution is 5.93. The molecular weight excluding hydrogens is 340 g/mol. The van der Waals surface area contributed by atoms with E-state index in [9.17, 15) is 4.79 Å². The Kier molecular flexibility index (Phi) is 6.01. The Bertz CT molecular complexity index is 799. The second kappa shape index (κ2) is 8.44. The van der Waals surface area contributed by atoms with Gasteiger partial charge in [-0.25, -0.2) is 0 Å². The van der Waals surface area contributed by atoms with Crippen molar-refractivity contribution in [2.75, 3.05) is 32.6 Å². The maximum atomic E-state index is 12.7. The molecule has 1 saturated heterocycles. The number of amides is 1. The third-order valence-electron chi connectivity index (χ3n) is 5.43. The standard InChI is InChI=1S/C22H28N2O3/c1-15-7-5-8-16(2)22(15)23-21(25)14-24-12-6-9-19(24)18-13-17(26-3)10-11-20(18)27-4/h5,7-8,10-11,13,19H,6,9,12,14H2,1-4H3,(H,23,25)/p+1/t19-/m0/s1. The molecule has 0 aliphatic carbocycles. The molecular formula is C22H29N2O3+. The molecule has 5 heteroatoms. The molecule has 5 nitrogen and oxygen atoms in total. The number of ether oxygens (including phenoxy) is 2. The summed E-state index contributed by atoms with van der Waals surface area (Å²) in [7, 11) is 3.36. The van der Waals surface area contributed by atoms with Gasteiger partial charge in [0.25, 0.3) is 5.91 Å². The zero-order valence-corrected chi connectivity index (χ0v) is 16.6. The van der Waals surface area contributed by atoms with Gasteiger partial charge in [-0.15, -0.1) is 0 Å². The first-order valence-electron chi connectivity index (χ1n) is 9.46. The van der Waals surface area contributed by atoms with Gasteiger partial charge in [-0.1, -0.05) is 18.2 Å². The summed E-state index contributed by atoms with van der Waals surface area (Å²) in [5.41, 5.74) is 4.22. The van der Waals surface area contributed by atoms with E-state index in [1.54, 1.807) is 14.2 Å². The smallest absolute Gasteiger partial charge is 0.279 e. The summed E-state index contributed by atoms with van der Waals surface area (Å²) in [6.07, 6.45) is 2.13. The molecule has 27 heavy (non-hydrogen) atoms. The minimum atomic E-state index is 0.0520. The Morgan fingerprint density at radius 1 is 1.15 bits per heavy atom. The molecule has 1 amide bonds. The van der Waals surface area contributed by atoms with Crippen LogP contribution in [0.3, 0.4) is 0 Å². The summed E-state index contributed by atoms with van der Waals surface area (Å²) in [6.45, 7) is 5.47. The van der Waals surface area contributed by atoms with Crippen LogP contribution in [0.1, 0.15) is 35.6 Å². The number of carbonyl (C=O) groups excluding carboxylic acids is 1. The van der Waals surface area contributed by atoms with Crippen LogP contribution >= 0.6 is 0 Å². The lowest BCUT2D eigenvalue weighted by Crippen LogP contribution is -3.11. The van der Waals surface area contributed by atoms with Crippen molar-refractivity contribution < 1.29 is 19.2 Å². The third kappa shape index (κ3) is 4.25. The van der Waals surface area contributed by atoms with Gasteiger partial charge in [0.1, 0.15) is 17.5 Å². The monoisotopic (exact) mass is 369 g/mol. The van der Waals surface area contributed by atoms with Crippen molar-refractivity contribution in [3.05, 3.63) is 53.1 Å². The number of aryl methyl sites for hydroxylation is 2. The van der Waals surface area contributed by atoms with Crippen LogP contribution in [0.15, 0.2) is 36.4 Å². The first kappa shape index (κ1) is 19.2. The third-order valence-corrected chi connectivity index (χ3v) is 5.43. The molecule has 0 bridgehead atoms. The summed E-state index contributed by atoms with van der Waals surface area (Å²) in [4.78, 5) is 14.0. The molecule has 2 N–H and O–H groups in total. The van der Waals surface area contributed by atoms with E-state index in [0.29, 0.717) is 6.54 Å². The number of para-hydroxylation sites is 1. The predicted molar refractivity (Wildman–Crippen MR) is 107 cm³/mol. The van der Waals surface area contributed by atoms with Crippen LogP contribution in [0.25, 0.3) is 0 Å². The van der Waals surface area contributed by atoms with E-state index in [4.69, 9.17) is 9.47 Å². The van der Waals surface area contributed by atoms with E-state index in [1.807, 2.05) is 50.2 Å². The SMILES string of the molecule is COc1ccc(OC)c([C@@H]2CCC[NH+]2CC(=O)Nc2c(C)cccc2C)c1. The van der Waals surface area contributed by atoms with Gasteiger partial charge in [-0.3, -0.25) is 4.79 Å². The van der Waals surface area contributed by atoms with Crippen molar-refractivity contribution in [2.45, 2.75) is 32.7 Å². The lowest BCUT2D eigenvalue weighted by Gasteiger charge is -2.23. The van der Waals surface area contributed by atoms with Crippen LogP contribution in [-0.4, -0.2) is 33.2 Å². The zero-order chi connectivity index (χ0) is 19.4. The number of hydrogen-bond donors (Lipinski definition) is 2. The van der Waals surface area contributed by atoms with Gasteiger partial charge in [0.2, 0.25) is 0 Å². The number of rotatable bonds is 6. The summed E-state index contributed by atoms with van der Waals surface area (Å²) in [5, 5.41) is 3.11. The van der Waals surface area contributed by atoms with Crippen LogP contribution in [0.5, 0.6) is 11.5 Å². The van der Waals surface area contributed by atoms with Crippen LogP contribution in [-0.2, 0) is 4.79 Å². The number of methoxy groups -OCH3 is 2. The highest BCUT2D eigenvalue weighted by Crippen LogP contribution is 2.31. The van der Waals surface area contributed by atoms with Crippen molar-refractivity contribution in [2.24, 2.45) is 0 Å². The number of quaternary nitrogens is 1. The first-order chi connectivity index (χ1) is 13.0. The summed E-state index contributed by atoms with van der Waals surface area (Å²) < 4.78 is 11.0. The molecule has 1 aliphatic rings. The molecule has 1 heterocycles. The van der Waals surface area contributed by atoms with Gasteiger partial charge in [-0.2, -0.15) is 0 Å². The second-order valence-corrected chi connectivity index (χ2v) is 7.20. The molecule has 0 aromatic heterocycles. The van der Waals surface area contributed by atoms with E-state index in [-0.39, 0.29) is 11.9 Å². The molecule has 2 atom stereocenters. The van der Waals surface area contributed by atoms with Crippen molar-refractivity contribution in [3.8, 4) is 11.5 Å². The van der Waals surface area contributed by atoms with Gasteiger partial charge in [0, 0.05) is 18.5 Å². The Labute approximate surface area is 161 Å². The topological polar surface area (TPSA) is 52.0 Å². The fourth-order valence-electron chi connectivity index (χ4n) is 4.01. The number of likely N-dealkylation sites (tertiary alicyclic amines) is 1. The summed E-state index contributed by atoms with van der Waals surface area (Å²) in [5.74, 6) is 1.73. The Hall–Kier alpha value is -2.53. The highest BCUT2D eigenvalue weighted by Gasteiger charge is 2.34. The largest absolute Gasteiger partial charge is 0.497 e. The van der Waals surface area contributed by atoms with Crippen molar-refractivity contribution in [3.63, 3.8) is 0 Å². The maximum Gasteiger partial charge on any atom is 0.279 e. The summed E-state index contributed by atoms with van der Waals surface area (Å²) >= 11 is 0. The molecule has 1 fully saturated rings. The Morgan fingerprint density at radius 3 is 2.56 bits per heavy atom. The molecule has 3 rings (SSSR count). The number of hydrogen-bond acceptors (Lipinski definition) is 3. The van der Waals surface area contributed by atoms with Crippen molar-refractivity contribution in [1.82, 2.24) is 0 Å². The fraction of sp³-hybridized carbons (Fsp3) is 0.409. The number of anilines is 1. The molecule has 1 aliphatic heterocycles. The number of nitrogens with one attached hydrogen (secondary N) is 2. The zero-order valence-electron chi connectivity index (χ0n) is 16.6. The van der Waals surface area contributed by atoms with Crippen LogP contribution in [0, 0.1) is 13.8 Å². The number of benzene rings is 2. The van der Waals surface area contributed by atoms with Gasteiger partial charge in [0.05, 0.1) is 26.3 Å². The molecule has 144 valence electrons. The molecule has 1 unspecified atom stereocenters. The van der Waals surface area contributed by atoms with Gasteiger partial charge in [-0.05, 0) is 43.2 Å². The molecule has 0 radical (unpaired) electrons. The van der Waals surface area contributed by atoms with Gasteiger partial charge in [0.15, 0.2) is 6.54 Å². The van der Waals surface area contributed by atoms with Crippen molar-refractivity contribution >= 4 is 11.6 Å². The van der Waals surface area contributed by atoms with Crippen molar-refractivity contribution in [1.29, 1.82) is 0 Å². The normalized spacial score (nSPS) is 19.0. The first-order valence-corrected chi connectivity index (χ1v) is 9.46. The molecule has 0 saturated carbocycles. The van der Waals surface area contributed by atoms with Crippen LogP contribution < -0.4 is 19.7 Å². The molecule has 0 spiro atoms. The quantitative estimate of drug-likeness (QED) is 0.823. The Balaban J connectivity index is 1.76. The Morgan fingerprint density at radius 2 is 1.89 bits per heavy atom. The number of carbonyl (C=O) groups is 1. The van der Waals surface area contributed by atoms with E-state index in [1.165, 1.54) is 4.90 Å². The fourth-order valence-corrected chi connectivity index (χ4v) is 4.01. The van der Waals surface area contributed by atoms with E-state index < -0.39 is 0 Å². The average Bonchev–Trinajstić information content (AvgIpc) is 3.12. The predicted octanol–water partition coefficient (Wildman–Crippen LogP) is 2.68.